The quantitative estimate of drug-likeness (QED) is 0.238. The molecule has 7 nitrogen and oxygen atoms in total. The van der Waals surface area contributed by atoms with E-state index in [1.165, 1.54) is 23.3 Å². The van der Waals surface area contributed by atoms with E-state index in [9.17, 15) is 0 Å². The molecule has 1 unspecified atom stereocenters. The summed E-state index contributed by atoms with van der Waals surface area (Å²) in [5, 5.41) is 8.76. The largest absolute Gasteiger partial charge is 0.486 e. The van der Waals surface area contributed by atoms with E-state index in [1.54, 1.807) is 12.5 Å². The number of ether oxygens (including phenoxy) is 1. The van der Waals surface area contributed by atoms with Gasteiger partial charge in [0.1, 0.15) is 29.3 Å². The van der Waals surface area contributed by atoms with Gasteiger partial charge in [-0.05, 0) is 88.1 Å². The minimum atomic E-state index is 0.369. The average molecular weight is 537 g/mol. The van der Waals surface area contributed by atoms with Gasteiger partial charge in [-0.2, -0.15) is 0 Å². The Hall–Kier alpha value is -2.78. The summed E-state index contributed by atoms with van der Waals surface area (Å²) in [5.41, 5.74) is 3.13. The zero-order valence-corrected chi connectivity index (χ0v) is 22.9. The van der Waals surface area contributed by atoms with Crippen LogP contribution in [0.1, 0.15) is 29.0 Å². The second-order valence-corrected chi connectivity index (χ2v) is 11.2. The predicted octanol–water partition coefficient (Wildman–Crippen LogP) is 5.71. The summed E-state index contributed by atoms with van der Waals surface area (Å²) in [7, 11) is 4.22. The number of pyridine rings is 1. The fourth-order valence-corrected chi connectivity index (χ4v) is 6.26. The van der Waals surface area contributed by atoms with Crippen molar-refractivity contribution in [3.05, 3.63) is 70.1 Å². The summed E-state index contributed by atoms with van der Waals surface area (Å²) >= 11 is 8.36. The molecule has 3 aromatic heterocycles. The van der Waals surface area contributed by atoms with Crippen LogP contribution in [0.4, 0.5) is 11.5 Å². The summed E-state index contributed by atoms with van der Waals surface area (Å²) in [5.74, 6) is 2.18. The molecule has 0 aliphatic heterocycles. The zero-order chi connectivity index (χ0) is 25.6. The average Bonchev–Trinajstić information content (AvgIpc) is 3.27. The molecule has 4 aromatic rings. The van der Waals surface area contributed by atoms with Gasteiger partial charge in [0.05, 0.1) is 16.1 Å². The van der Waals surface area contributed by atoms with Crippen molar-refractivity contribution in [3.8, 4) is 5.75 Å². The standard InChI is InChI=1S/C28H33ClN6OS/c1-35(2)14-13-30-12-10-19-6-8-22-25(15-19)37-28-26(22)27(32-18-33-28)34-20-7-9-24(23(29)16-20)36-17-21-5-3-4-11-31-21/h3-5,7,9,11,16,18-19,30H,6,8,10,12-15,17H2,1-2H3,(H,32,33,34). The van der Waals surface area contributed by atoms with Crippen molar-refractivity contribution in [2.45, 2.75) is 32.3 Å². The van der Waals surface area contributed by atoms with Crippen molar-refractivity contribution in [2.75, 3.05) is 39.0 Å². The predicted molar refractivity (Wildman–Crippen MR) is 152 cm³/mol. The molecule has 9 heteroatoms. The summed E-state index contributed by atoms with van der Waals surface area (Å²) in [6, 6.07) is 11.5. The van der Waals surface area contributed by atoms with Gasteiger partial charge in [-0.25, -0.2) is 9.97 Å². The van der Waals surface area contributed by atoms with E-state index in [2.05, 4.69) is 44.6 Å². The molecule has 1 atom stereocenters. The van der Waals surface area contributed by atoms with E-state index in [1.807, 2.05) is 47.7 Å². The van der Waals surface area contributed by atoms with Gasteiger partial charge in [-0.3, -0.25) is 4.98 Å². The van der Waals surface area contributed by atoms with E-state index in [4.69, 9.17) is 16.3 Å². The number of fused-ring (bicyclic) bond motifs is 3. The second kappa shape index (κ2) is 12.2. The first-order valence-electron chi connectivity index (χ1n) is 12.8. The van der Waals surface area contributed by atoms with Crippen LogP contribution in [0.3, 0.4) is 0 Å². The minimum Gasteiger partial charge on any atom is -0.486 e. The van der Waals surface area contributed by atoms with Gasteiger partial charge in [0.15, 0.2) is 0 Å². The molecule has 1 aromatic carbocycles. The van der Waals surface area contributed by atoms with Crippen LogP contribution in [0.25, 0.3) is 10.2 Å². The van der Waals surface area contributed by atoms with Gasteiger partial charge >= 0.3 is 0 Å². The molecule has 1 aliphatic carbocycles. The highest BCUT2D eigenvalue weighted by atomic mass is 35.5. The molecular formula is C28H33ClN6OS. The fourth-order valence-electron chi connectivity index (χ4n) is 4.72. The molecule has 0 saturated carbocycles. The number of nitrogens with zero attached hydrogens (tertiary/aromatic N) is 4. The first-order valence-corrected chi connectivity index (χ1v) is 14.0. The lowest BCUT2D eigenvalue weighted by Crippen LogP contribution is -2.28. The van der Waals surface area contributed by atoms with E-state index >= 15 is 0 Å². The Bertz CT molecular complexity index is 1330. The maximum absolute atomic E-state index is 6.54. The number of nitrogens with one attached hydrogen (secondary N) is 2. The van der Waals surface area contributed by atoms with Crippen LogP contribution >= 0.6 is 22.9 Å². The second-order valence-electron chi connectivity index (χ2n) is 9.74. The van der Waals surface area contributed by atoms with Gasteiger partial charge in [0, 0.05) is 29.9 Å². The van der Waals surface area contributed by atoms with Crippen molar-refractivity contribution in [1.29, 1.82) is 0 Å². The van der Waals surface area contributed by atoms with Crippen LogP contribution in [-0.2, 0) is 19.4 Å². The van der Waals surface area contributed by atoms with Gasteiger partial charge in [0.2, 0.25) is 0 Å². The number of halogens is 1. The SMILES string of the molecule is CN(C)CCNCCC1CCc2c(sc3ncnc(Nc4ccc(OCc5ccccn5)c(Cl)c4)c23)C1. The van der Waals surface area contributed by atoms with Crippen molar-refractivity contribution in [2.24, 2.45) is 5.92 Å². The highest BCUT2D eigenvalue weighted by Crippen LogP contribution is 2.41. The molecule has 0 amide bonds. The number of hydrogen-bond acceptors (Lipinski definition) is 8. The maximum atomic E-state index is 6.54. The molecular weight excluding hydrogens is 504 g/mol. The Morgan fingerprint density at radius 1 is 1.14 bits per heavy atom. The zero-order valence-electron chi connectivity index (χ0n) is 21.3. The van der Waals surface area contributed by atoms with Crippen molar-refractivity contribution >= 4 is 44.7 Å². The highest BCUT2D eigenvalue weighted by molar-refractivity contribution is 7.19. The minimum absolute atomic E-state index is 0.369. The van der Waals surface area contributed by atoms with Crippen molar-refractivity contribution in [3.63, 3.8) is 0 Å². The molecule has 1 aliphatic rings. The van der Waals surface area contributed by atoms with E-state index in [0.717, 1.165) is 59.9 Å². The number of aromatic nitrogens is 3. The number of benzene rings is 1. The molecule has 0 radical (unpaired) electrons. The Kier molecular flexibility index (Phi) is 8.51. The summed E-state index contributed by atoms with van der Waals surface area (Å²) < 4.78 is 5.87. The van der Waals surface area contributed by atoms with Crippen LogP contribution in [-0.4, -0.2) is 53.6 Å². The van der Waals surface area contributed by atoms with E-state index in [0.29, 0.717) is 23.3 Å². The number of likely N-dealkylation sites (N-methyl/N-ethyl adjacent to an activating group) is 1. The van der Waals surface area contributed by atoms with Crippen LogP contribution in [0, 0.1) is 5.92 Å². The summed E-state index contributed by atoms with van der Waals surface area (Å²) in [6.07, 6.45) is 8.01. The smallest absolute Gasteiger partial charge is 0.142 e. The number of aryl methyl sites for hydroxylation is 1. The monoisotopic (exact) mass is 536 g/mol. The molecule has 0 spiro atoms. The topological polar surface area (TPSA) is 75.2 Å². The van der Waals surface area contributed by atoms with E-state index in [-0.39, 0.29) is 0 Å². The Morgan fingerprint density at radius 3 is 2.86 bits per heavy atom. The third-order valence-corrected chi connectivity index (χ3v) is 8.17. The molecule has 0 saturated heterocycles. The number of thiophene rings is 1. The van der Waals surface area contributed by atoms with Crippen molar-refractivity contribution in [1.82, 2.24) is 25.2 Å². The van der Waals surface area contributed by atoms with Gasteiger partial charge in [-0.1, -0.05) is 17.7 Å². The van der Waals surface area contributed by atoms with Gasteiger partial charge in [-0.15, -0.1) is 11.3 Å². The summed E-state index contributed by atoms with van der Waals surface area (Å²) in [4.78, 5) is 18.2. The van der Waals surface area contributed by atoms with Crippen LogP contribution < -0.4 is 15.4 Å². The molecule has 5 rings (SSSR count). The first-order chi connectivity index (χ1) is 18.1. The van der Waals surface area contributed by atoms with Gasteiger partial charge < -0.3 is 20.3 Å². The first kappa shape index (κ1) is 25.9. The van der Waals surface area contributed by atoms with Gasteiger partial charge in [0.25, 0.3) is 0 Å². The molecule has 0 bridgehead atoms. The molecule has 0 fully saturated rings. The molecule has 37 heavy (non-hydrogen) atoms. The van der Waals surface area contributed by atoms with Crippen LogP contribution in [0.5, 0.6) is 5.75 Å². The van der Waals surface area contributed by atoms with Crippen LogP contribution in [0.2, 0.25) is 5.02 Å². The molecule has 2 N–H and O–H groups in total. The lowest BCUT2D eigenvalue weighted by molar-refractivity contribution is 0.301. The Labute approximate surface area is 227 Å². The number of anilines is 2. The lowest BCUT2D eigenvalue weighted by atomic mass is 9.86. The number of rotatable bonds is 11. The Balaban J connectivity index is 1.24. The third-order valence-electron chi connectivity index (χ3n) is 6.71. The molecule has 3 heterocycles. The van der Waals surface area contributed by atoms with Crippen LogP contribution in [0.15, 0.2) is 48.9 Å². The van der Waals surface area contributed by atoms with E-state index < -0.39 is 0 Å². The molecule has 194 valence electrons. The maximum Gasteiger partial charge on any atom is 0.142 e. The Morgan fingerprint density at radius 2 is 2.05 bits per heavy atom. The lowest BCUT2D eigenvalue weighted by Gasteiger charge is -2.22. The summed E-state index contributed by atoms with van der Waals surface area (Å²) in [6.45, 7) is 3.56. The highest BCUT2D eigenvalue weighted by Gasteiger charge is 2.25. The normalized spacial score (nSPS) is 15.2. The third kappa shape index (κ3) is 6.57. The van der Waals surface area contributed by atoms with Crippen molar-refractivity contribution < 1.29 is 4.74 Å². The fraction of sp³-hybridized carbons (Fsp3) is 0.393. The number of hydrogen-bond donors (Lipinski definition) is 2.